The van der Waals surface area contributed by atoms with Gasteiger partial charge in [0.25, 0.3) is 0 Å². The lowest BCUT2D eigenvalue weighted by atomic mass is 9.95. The maximum Gasteiger partial charge on any atom is 0.0547 e. The Kier molecular flexibility index (Phi) is 11.6. The summed E-state index contributed by atoms with van der Waals surface area (Å²) in [5.41, 5.74) is 23.5. The predicted molar refractivity (Wildman–Crippen MR) is 314 cm³/mol. The quantitative estimate of drug-likeness (QED) is 0.125. The number of rotatable bonds is 11. The van der Waals surface area contributed by atoms with Crippen molar-refractivity contribution >= 4 is 38.9 Å². The average Bonchev–Trinajstić information content (AvgIpc) is 3.83. The number of benzene rings is 12. The van der Waals surface area contributed by atoms with Crippen molar-refractivity contribution in [2.75, 3.05) is 4.90 Å². The predicted octanol–water partition coefficient (Wildman–Crippen LogP) is 19.9. The van der Waals surface area contributed by atoms with E-state index in [2.05, 4.69) is 313 Å². The summed E-state index contributed by atoms with van der Waals surface area (Å²) >= 11 is 0. The van der Waals surface area contributed by atoms with Crippen molar-refractivity contribution in [3.05, 3.63) is 303 Å². The molecule has 0 aliphatic heterocycles. The van der Waals surface area contributed by atoms with Crippen molar-refractivity contribution in [1.29, 1.82) is 0 Å². The maximum absolute atomic E-state index is 2.41. The standard InChI is InChI=1S/C72H50N2/c1-4-15-51(16-5-1)54-29-33-56(34-30-54)59-37-43-64(44-38-59)73(65-45-39-60(40-46-65)57-35-31-55(32-36-57)52-17-6-2-7-18-52)67-24-13-22-62(50-67)61-21-12-23-63(49-61)68-26-14-28-71-72(68)69-25-10-11-27-70(69)74(71)66-47-41-58(42-48-66)53-19-8-3-9-20-53/h1-50H. The van der Waals surface area contributed by atoms with Crippen LogP contribution in [-0.4, -0.2) is 4.57 Å². The van der Waals surface area contributed by atoms with E-state index < -0.39 is 0 Å². The van der Waals surface area contributed by atoms with Crippen LogP contribution in [0.5, 0.6) is 0 Å². The van der Waals surface area contributed by atoms with Crippen LogP contribution in [0.3, 0.4) is 0 Å². The lowest BCUT2D eigenvalue weighted by Crippen LogP contribution is -2.10. The van der Waals surface area contributed by atoms with Crippen LogP contribution in [0.1, 0.15) is 0 Å². The van der Waals surface area contributed by atoms with Gasteiger partial charge in [0.1, 0.15) is 0 Å². The first-order valence-electron chi connectivity index (χ1n) is 25.4. The molecule has 0 aliphatic carbocycles. The molecule has 2 nitrogen and oxygen atoms in total. The van der Waals surface area contributed by atoms with Gasteiger partial charge in [0.15, 0.2) is 0 Å². The zero-order valence-electron chi connectivity index (χ0n) is 40.8. The topological polar surface area (TPSA) is 8.17 Å². The molecule has 1 aromatic heterocycles. The second-order valence-electron chi connectivity index (χ2n) is 18.9. The first kappa shape index (κ1) is 44.2. The molecule has 0 bridgehead atoms. The molecule has 0 fully saturated rings. The largest absolute Gasteiger partial charge is 0.310 e. The first-order chi connectivity index (χ1) is 36.7. The average molecular weight is 943 g/mol. The van der Waals surface area contributed by atoms with Crippen LogP contribution in [0, 0.1) is 0 Å². The van der Waals surface area contributed by atoms with Crippen molar-refractivity contribution in [2.45, 2.75) is 0 Å². The zero-order chi connectivity index (χ0) is 49.2. The smallest absolute Gasteiger partial charge is 0.0547 e. The Morgan fingerprint density at radius 2 is 0.568 bits per heavy atom. The van der Waals surface area contributed by atoms with Gasteiger partial charge >= 0.3 is 0 Å². The molecular formula is C72H50N2. The fourth-order valence-corrected chi connectivity index (χ4v) is 10.7. The number of nitrogens with zero attached hydrogens (tertiary/aromatic N) is 2. The van der Waals surface area contributed by atoms with Gasteiger partial charge in [-0.05, 0) is 145 Å². The van der Waals surface area contributed by atoms with Gasteiger partial charge in [-0.3, -0.25) is 0 Å². The Labute approximate surface area is 433 Å². The van der Waals surface area contributed by atoms with E-state index >= 15 is 0 Å². The summed E-state index contributed by atoms with van der Waals surface area (Å²) in [5.74, 6) is 0. The molecular weight excluding hydrogens is 893 g/mol. The van der Waals surface area contributed by atoms with Gasteiger partial charge in [-0.25, -0.2) is 0 Å². The Morgan fingerprint density at radius 3 is 1.07 bits per heavy atom. The highest BCUT2D eigenvalue weighted by Crippen LogP contribution is 2.42. The summed E-state index contributed by atoms with van der Waals surface area (Å²) in [5, 5.41) is 2.48. The van der Waals surface area contributed by atoms with Gasteiger partial charge in [-0.2, -0.15) is 0 Å². The van der Waals surface area contributed by atoms with Crippen LogP contribution in [0.2, 0.25) is 0 Å². The molecule has 12 aromatic carbocycles. The van der Waals surface area contributed by atoms with E-state index in [1.54, 1.807) is 0 Å². The summed E-state index contributed by atoms with van der Waals surface area (Å²) in [6.07, 6.45) is 0. The van der Waals surface area contributed by atoms with Crippen molar-refractivity contribution in [2.24, 2.45) is 0 Å². The third-order valence-corrected chi connectivity index (χ3v) is 14.4. The minimum absolute atomic E-state index is 1.08. The zero-order valence-corrected chi connectivity index (χ0v) is 40.8. The summed E-state index contributed by atoms with van der Waals surface area (Å²) < 4.78 is 2.41. The fraction of sp³-hybridized carbons (Fsp3) is 0. The molecule has 2 heteroatoms. The molecule has 348 valence electrons. The lowest BCUT2D eigenvalue weighted by Gasteiger charge is -2.26. The van der Waals surface area contributed by atoms with Crippen LogP contribution in [0.4, 0.5) is 17.1 Å². The molecule has 0 aliphatic rings. The monoisotopic (exact) mass is 942 g/mol. The Balaban J connectivity index is 0.857. The van der Waals surface area contributed by atoms with Gasteiger partial charge in [-0.1, -0.05) is 237 Å². The number of anilines is 3. The molecule has 0 radical (unpaired) electrons. The van der Waals surface area contributed by atoms with E-state index in [-0.39, 0.29) is 0 Å². The molecule has 0 N–H and O–H groups in total. The summed E-state index contributed by atoms with van der Waals surface area (Å²) in [6, 6.07) is 110. The first-order valence-corrected chi connectivity index (χ1v) is 25.4. The molecule has 0 spiro atoms. The van der Waals surface area contributed by atoms with Crippen molar-refractivity contribution < 1.29 is 0 Å². The van der Waals surface area contributed by atoms with E-state index in [1.165, 1.54) is 88.6 Å². The number of para-hydroxylation sites is 1. The number of hydrogen-bond donors (Lipinski definition) is 0. The van der Waals surface area contributed by atoms with Gasteiger partial charge < -0.3 is 9.47 Å². The molecule has 0 unspecified atom stereocenters. The summed E-state index contributed by atoms with van der Waals surface area (Å²) in [7, 11) is 0. The van der Waals surface area contributed by atoms with Crippen molar-refractivity contribution in [3.63, 3.8) is 0 Å². The van der Waals surface area contributed by atoms with Crippen LogP contribution in [-0.2, 0) is 0 Å². The maximum atomic E-state index is 2.41. The van der Waals surface area contributed by atoms with Gasteiger partial charge in [-0.15, -0.1) is 0 Å². The van der Waals surface area contributed by atoms with Crippen LogP contribution in [0.15, 0.2) is 303 Å². The molecule has 0 amide bonds. The van der Waals surface area contributed by atoms with E-state index in [0.717, 1.165) is 33.9 Å². The number of fused-ring (bicyclic) bond motifs is 3. The van der Waals surface area contributed by atoms with Crippen LogP contribution < -0.4 is 4.90 Å². The SMILES string of the molecule is c1ccc(-c2ccc(-c3ccc(N(c4ccc(-c5ccc(-c6ccccc6)cc5)cc4)c4cccc(-c5cccc(-c6cccc7c6c6ccccc6n7-c6ccc(-c7ccccc7)cc6)c5)c4)cc3)cc2)cc1. The Hall–Kier alpha value is -9.76. The molecule has 74 heavy (non-hydrogen) atoms. The van der Waals surface area contributed by atoms with E-state index in [9.17, 15) is 0 Å². The highest BCUT2D eigenvalue weighted by molar-refractivity contribution is 6.16. The minimum Gasteiger partial charge on any atom is -0.310 e. The Morgan fingerprint density at radius 1 is 0.216 bits per heavy atom. The molecule has 13 rings (SSSR count). The van der Waals surface area contributed by atoms with Crippen molar-refractivity contribution in [1.82, 2.24) is 4.57 Å². The van der Waals surface area contributed by atoms with E-state index in [4.69, 9.17) is 0 Å². The van der Waals surface area contributed by atoms with Crippen LogP contribution in [0.25, 0.3) is 105 Å². The van der Waals surface area contributed by atoms with E-state index in [0.29, 0.717) is 0 Å². The second-order valence-corrected chi connectivity index (χ2v) is 18.9. The third kappa shape index (κ3) is 8.55. The summed E-state index contributed by atoms with van der Waals surface area (Å²) in [4.78, 5) is 2.37. The normalized spacial score (nSPS) is 11.2. The second kappa shape index (κ2) is 19.4. The molecule has 13 aromatic rings. The molecule has 0 saturated heterocycles. The van der Waals surface area contributed by atoms with Gasteiger partial charge in [0.2, 0.25) is 0 Å². The number of hydrogen-bond acceptors (Lipinski definition) is 1. The summed E-state index contributed by atoms with van der Waals surface area (Å²) in [6.45, 7) is 0. The molecule has 0 atom stereocenters. The van der Waals surface area contributed by atoms with Gasteiger partial charge in [0, 0.05) is 33.5 Å². The highest BCUT2D eigenvalue weighted by Gasteiger charge is 2.18. The van der Waals surface area contributed by atoms with Crippen molar-refractivity contribution in [3.8, 4) is 83.6 Å². The minimum atomic E-state index is 1.08. The Bertz CT molecular complexity index is 3920. The van der Waals surface area contributed by atoms with E-state index in [1.807, 2.05) is 0 Å². The molecule has 1 heterocycles. The van der Waals surface area contributed by atoms with Crippen LogP contribution >= 0.6 is 0 Å². The molecule has 0 saturated carbocycles. The van der Waals surface area contributed by atoms with Gasteiger partial charge in [0.05, 0.1) is 11.0 Å². The lowest BCUT2D eigenvalue weighted by molar-refractivity contribution is 1.18. The number of aromatic nitrogens is 1. The fourth-order valence-electron chi connectivity index (χ4n) is 10.7. The highest BCUT2D eigenvalue weighted by atomic mass is 15.1. The third-order valence-electron chi connectivity index (χ3n) is 14.4.